The molecule has 4 nitrogen and oxygen atoms in total. The van der Waals surface area contributed by atoms with Crippen LogP contribution in [0.2, 0.25) is 0 Å². The Balaban J connectivity index is 2.39. The van der Waals surface area contributed by atoms with Crippen molar-refractivity contribution in [2.75, 3.05) is 17.7 Å². The average Bonchev–Trinajstić information content (AvgIpc) is 2.74. The number of aryl methyl sites for hydroxylation is 2. The smallest absolute Gasteiger partial charge is 0.152 e. The van der Waals surface area contributed by atoms with E-state index in [1.165, 1.54) is 0 Å². The third kappa shape index (κ3) is 1.94. The summed E-state index contributed by atoms with van der Waals surface area (Å²) < 4.78 is 2.24. The number of thioether (sulfide) groups is 1. The van der Waals surface area contributed by atoms with Crippen molar-refractivity contribution in [2.45, 2.75) is 13.5 Å². The highest BCUT2D eigenvalue weighted by Crippen LogP contribution is 2.28. The molecular weight excluding hydrogens is 256 g/mol. The minimum absolute atomic E-state index is 0.514. The first-order valence-electron chi connectivity index (χ1n) is 6.22. The molecule has 0 aliphatic rings. The van der Waals surface area contributed by atoms with Gasteiger partial charge in [0.15, 0.2) is 5.82 Å². The standard InChI is InChI=1S/C14H16N4S/c1-9-16-12-13(18(9)7-8-19-2)10-5-3-4-6-11(10)17-14(12)15/h3-6H,7-8H2,1-2H3,(H2,15,17). The summed E-state index contributed by atoms with van der Waals surface area (Å²) in [5.74, 6) is 2.57. The largest absolute Gasteiger partial charge is 0.382 e. The lowest BCUT2D eigenvalue weighted by Crippen LogP contribution is -2.03. The second-order valence-corrected chi connectivity index (χ2v) is 5.50. The van der Waals surface area contributed by atoms with E-state index in [9.17, 15) is 0 Å². The van der Waals surface area contributed by atoms with Crippen molar-refractivity contribution in [3.8, 4) is 0 Å². The number of para-hydroxylation sites is 1. The topological polar surface area (TPSA) is 56.7 Å². The summed E-state index contributed by atoms with van der Waals surface area (Å²) in [6.45, 7) is 2.96. The molecule has 0 aliphatic heterocycles. The van der Waals surface area contributed by atoms with E-state index in [4.69, 9.17) is 5.73 Å². The van der Waals surface area contributed by atoms with Crippen LogP contribution in [0.4, 0.5) is 5.82 Å². The van der Waals surface area contributed by atoms with E-state index in [0.29, 0.717) is 5.82 Å². The normalized spacial score (nSPS) is 11.5. The Morgan fingerprint density at radius 2 is 2.05 bits per heavy atom. The quantitative estimate of drug-likeness (QED) is 0.796. The van der Waals surface area contributed by atoms with Crippen LogP contribution in [0.25, 0.3) is 21.9 Å². The van der Waals surface area contributed by atoms with Gasteiger partial charge in [0.25, 0.3) is 0 Å². The molecule has 0 unspecified atom stereocenters. The molecule has 19 heavy (non-hydrogen) atoms. The summed E-state index contributed by atoms with van der Waals surface area (Å²) in [5.41, 5.74) is 8.89. The zero-order chi connectivity index (χ0) is 13.4. The highest BCUT2D eigenvalue weighted by molar-refractivity contribution is 7.98. The Labute approximate surface area is 116 Å². The molecule has 5 heteroatoms. The van der Waals surface area contributed by atoms with Crippen LogP contribution in [0.3, 0.4) is 0 Å². The number of hydrogen-bond acceptors (Lipinski definition) is 4. The molecule has 1 aromatic carbocycles. The first-order valence-corrected chi connectivity index (χ1v) is 7.61. The molecule has 2 heterocycles. The average molecular weight is 272 g/mol. The molecule has 2 aromatic heterocycles. The number of benzene rings is 1. The van der Waals surface area contributed by atoms with Crippen LogP contribution < -0.4 is 5.73 Å². The van der Waals surface area contributed by atoms with Crippen LogP contribution in [0.5, 0.6) is 0 Å². The molecule has 2 N–H and O–H groups in total. The zero-order valence-corrected chi connectivity index (χ0v) is 11.9. The molecule has 0 amide bonds. The highest BCUT2D eigenvalue weighted by atomic mass is 32.2. The fraction of sp³-hybridized carbons (Fsp3) is 0.286. The van der Waals surface area contributed by atoms with E-state index >= 15 is 0 Å². The number of nitrogens with two attached hydrogens (primary N) is 1. The number of pyridine rings is 1. The summed E-state index contributed by atoms with van der Waals surface area (Å²) in [5, 5.41) is 1.12. The number of aromatic nitrogens is 3. The monoisotopic (exact) mass is 272 g/mol. The molecule has 0 fully saturated rings. The second kappa shape index (κ2) is 4.74. The van der Waals surface area contributed by atoms with E-state index in [-0.39, 0.29) is 0 Å². The third-order valence-corrected chi connectivity index (χ3v) is 3.91. The molecule has 0 atom stereocenters. The van der Waals surface area contributed by atoms with Crippen molar-refractivity contribution in [3.05, 3.63) is 30.1 Å². The molecule has 3 rings (SSSR count). The number of nitrogens with zero attached hydrogens (tertiary/aromatic N) is 3. The van der Waals surface area contributed by atoms with Crippen molar-refractivity contribution in [1.82, 2.24) is 14.5 Å². The maximum atomic E-state index is 6.04. The third-order valence-electron chi connectivity index (χ3n) is 3.32. The van der Waals surface area contributed by atoms with Gasteiger partial charge in [0.05, 0.1) is 11.0 Å². The molecule has 0 spiro atoms. The number of anilines is 1. The van der Waals surface area contributed by atoms with Crippen LogP contribution in [-0.4, -0.2) is 26.5 Å². The summed E-state index contributed by atoms with van der Waals surface area (Å²) in [4.78, 5) is 9.02. The first kappa shape index (κ1) is 12.3. The molecule has 0 saturated heterocycles. The maximum Gasteiger partial charge on any atom is 0.152 e. The van der Waals surface area contributed by atoms with E-state index < -0.39 is 0 Å². The van der Waals surface area contributed by atoms with Crippen LogP contribution in [0.1, 0.15) is 5.82 Å². The fourth-order valence-electron chi connectivity index (χ4n) is 2.43. The van der Waals surface area contributed by atoms with E-state index in [1.54, 1.807) is 0 Å². The fourth-order valence-corrected chi connectivity index (χ4v) is 2.79. The van der Waals surface area contributed by atoms with Crippen molar-refractivity contribution in [2.24, 2.45) is 0 Å². The van der Waals surface area contributed by atoms with Gasteiger partial charge in [-0.05, 0) is 19.2 Å². The molecule has 0 bridgehead atoms. The van der Waals surface area contributed by atoms with Crippen molar-refractivity contribution >= 4 is 39.5 Å². The lowest BCUT2D eigenvalue weighted by Gasteiger charge is -2.08. The minimum Gasteiger partial charge on any atom is -0.382 e. The molecule has 0 radical (unpaired) electrons. The summed E-state index contributed by atoms with van der Waals surface area (Å²) in [6, 6.07) is 8.09. The van der Waals surface area contributed by atoms with Gasteiger partial charge in [-0.1, -0.05) is 18.2 Å². The lowest BCUT2D eigenvalue weighted by molar-refractivity contribution is 0.764. The van der Waals surface area contributed by atoms with Gasteiger partial charge in [-0.15, -0.1) is 0 Å². The summed E-state index contributed by atoms with van der Waals surface area (Å²) in [6.07, 6.45) is 2.11. The van der Waals surface area contributed by atoms with Crippen molar-refractivity contribution in [1.29, 1.82) is 0 Å². The maximum absolute atomic E-state index is 6.04. The van der Waals surface area contributed by atoms with Crippen molar-refractivity contribution in [3.63, 3.8) is 0 Å². The van der Waals surface area contributed by atoms with Gasteiger partial charge >= 0.3 is 0 Å². The number of fused-ring (bicyclic) bond motifs is 3. The van der Waals surface area contributed by atoms with Gasteiger partial charge in [-0.3, -0.25) is 0 Å². The number of hydrogen-bond donors (Lipinski definition) is 1. The van der Waals surface area contributed by atoms with Gasteiger partial charge < -0.3 is 10.3 Å². The van der Waals surface area contributed by atoms with Gasteiger partial charge in [0, 0.05) is 17.7 Å². The summed E-state index contributed by atoms with van der Waals surface area (Å²) >= 11 is 1.83. The van der Waals surface area contributed by atoms with E-state index in [2.05, 4.69) is 26.9 Å². The van der Waals surface area contributed by atoms with Crippen LogP contribution in [0.15, 0.2) is 24.3 Å². The zero-order valence-electron chi connectivity index (χ0n) is 11.1. The Morgan fingerprint density at radius 1 is 1.26 bits per heavy atom. The van der Waals surface area contributed by atoms with Crippen LogP contribution in [-0.2, 0) is 6.54 Å². The Kier molecular flexibility index (Phi) is 3.06. The number of imidazole rings is 1. The van der Waals surface area contributed by atoms with E-state index in [0.717, 1.165) is 40.1 Å². The van der Waals surface area contributed by atoms with Gasteiger partial charge in [0.2, 0.25) is 0 Å². The predicted octanol–water partition coefficient (Wildman–Crippen LogP) is 2.84. The number of rotatable bonds is 3. The van der Waals surface area contributed by atoms with Gasteiger partial charge in [-0.25, -0.2) is 9.97 Å². The Hall–Kier alpha value is -1.75. The second-order valence-electron chi connectivity index (χ2n) is 4.51. The lowest BCUT2D eigenvalue weighted by atomic mass is 10.2. The molecule has 0 aliphatic carbocycles. The van der Waals surface area contributed by atoms with E-state index in [1.807, 2.05) is 36.9 Å². The first-order chi connectivity index (χ1) is 9.22. The molecule has 98 valence electrons. The van der Waals surface area contributed by atoms with Crippen LogP contribution in [0, 0.1) is 6.92 Å². The Morgan fingerprint density at radius 3 is 2.84 bits per heavy atom. The van der Waals surface area contributed by atoms with Crippen LogP contribution >= 0.6 is 11.8 Å². The molecular formula is C14H16N4S. The molecule has 0 saturated carbocycles. The van der Waals surface area contributed by atoms with Gasteiger partial charge in [-0.2, -0.15) is 11.8 Å². The predicted molar refractivity (Wildman–Crippen MR) is 82.6 cm³/mol. The summed E-state index contributed by atoms with van der Waals surface area (Å²) in [7, 11) is 0. The van der Waals surface area contributed by atoms with Gasteiger partial charge in [0.1, 0.15) is 11.3 Å². The Bertz CT molecular complexity index is 748. The minimum atomic E-state index is 0.514. The van der Waals surface area contributed by atoms with Crippen molar-refractivity contribution < 1.29 is 0 Å². The highest BCUT2D eigenvalue weighted by Gasteiger charge is 2.14. The molecule has 3 aromatic rings. The number of nitrogen functional groups attached to an aromatic ring is 1. The SMILES string of the molecule is CSCCn1c(C)nc2c(N)nc3ccccc3c21.